The number of primary amides is 1. The normalized spacial score (nSPS) is 31.7. The lowest BCUT2D eigenvalue weighted by atomic mass is 9.52. The van der Waals surface area contributed by atoms with Gasteiger partial charge in [-0.05, 0) is 56.1 Å². The van der Waals surface area contributed by atoms with Gasteiger partial charge in [0.2, 0.25) is 5.91 Å². The molecule has 6 unspecified atom stereocenters. The van der Waals surface area contributed by atoms with Gasteiger partial charge >= 0.3 is 0 Å². The van der Waals surface area contributed by atoms with E-state index in [0.717, 1.165) is 0 Å². The van der Waals surface area contributed by atoms with E-state index in [9.17, 15) is 34.2 Å². The molecule has 0 spiro atoms. The van der Waals surface area contributed by atoms with Crippen molar-refractivity contribution < 1.29 is 38.6 Å². The quantitative estimate of drug-likeness (QED) is 0.250. The van der Waals surface area contributed by atoms with Gasteiger partial charge in [0, 0.05) is 11.5 Å². The average Bonchev–Trinajstić information content (AvgIpc) is 3.33. The van der Waals surface area contributed by atoms with E-state index >= 15 is 0 Å². The first-order valence-electron chi connectivity index (χ1n) is 11.4. The molecule has 1 aromatic carbocycles. The van der Waals surface area contributed by atoms with Crippen LogP contribution in [-0.4, -0.2) is 69.9 Å². The number of phenols is 1. The second-order valence-corrected chi connectivity index (χ2v) is 10.0. The second-order valence-electron chi connectivity index (χ2n) is 10.0. The van der Waals surface area contributed by atoms with Gasteiger partial charge in [-0.3, -0.25) is 28.9 Å². The third-order valence-corrected chi connectivity index (χ3v) is 7.92. The fraction of sp³-hybridized carbons (Fsp3) is 0.400. The zero-order valence-corrected chi connectivity index (χ0v) is 19.6. The Morgan fingerprint density at radius 1 is 1.19 bits per heavy atom. The van der Waals surface area contributed by atoms with Crippen LogP contribution >= 0.6 is 0 Å². The minimum Gasteiger partial charge on any atom is -0.505 e. The Morgan fingerprint density at radius 3 is 2.47 bits per heavy atom. The van der Waals surface area contributed by atoms with E-state index in [1.54, 1.807) is 6.07 Å². The molecule has 36 heavy (non-hydrogen) atoms. The number of hydrogen-bond acceptors (Lipinski definition) is 10. The summed E-state index contributed by atoms with van der Waals surface area (Å²) >= 11 is 0. The summed E-state index contributed by atoms with van der Waals surface area (Å²) in [6.45, 7) is 0. The number of amides is 1. The van der Waals surface area contributed by atoms with Crippen LogP contribution in [0.1, 0.15) is 22.3 Å². The van der Waals surface area contributed by atoms with Gasteiger partial charge in [0.25, 0.3) is 0 Å². The molecule has 1 aromatic heterocycles. The highest BCUT2D eigenvalue weighted by Gasteiger charge is 2.69. The van der Waals surface area contributed by atoms with Crippen LogP contribution in [0, 0.1) is 23.7 Å². The predicted octanol–water partition coefficient (Wildman–Crippen LogP) is -0.291. The molecule has 2 aromatic rings. The fourth-order valence-electron chi connectivity index (χ4n) is 6.37. The van der Waals surface area contributed by atoms with E-state index in [1.165, 1.54) is 37.6 Å². The topological polar surface area (TPSA) is 194 Å². The number of anilines is 1. The molecule has 0 radical (unpaired) electrons. The number of furan rings is 1. The molecule has 11 heteroatoms. The van der Waals surface area contributed by atoms with Gasteiger partial charge in [0.1, 0.15) is 5.75 Å². The summed E-state index contributed by atoms with van der Waals surface area (Å²) in [4.78, 5) is 67.4. The highest BCUT2D eigenvalue weighted by molar-refractivity contribution is 6.32. The molecule has 5 rings (SSSR count). The first kappa shape index (κ1) is 23.9. The molecule has 2 saturated carbocycles. The number of fused-ring (bicyclic) bond motifs is 3. The maximum absolute atomic E-state index is 13.8. The van der Waals surface area contributed by atoms with Crippen LogP contribution in [0.5, 0.6) is 5.75 Å². The summed E-state index contributed by atoms with van der Waals surface area (Å²) in [5.74, 6) is -11.1. The van der Waals surface area contributed by atoms with Crippen LogP contribution < -0.4 is 11.5 Å². The molecule has 6 atom stereocenters. The fourth-order valence-corrected chi connectivity index (χ4v) is 6.37. The largest absolute Gasteiger partial charge is 0.505 e. The first-order chi connectivity index (χ1) is 16.9. The molecular weight excluding hydrogens is 470 g/mol. The Bertz CT molecular complexity index is 1350. The number of ketones is 4. The van der Waals surface area contributed by atoms with Crippen molar-refractivity contribution in [2.45, 2.75) is 24.5 Å². The van der Waals surface area contributed by atoms with Gasteiger partial charge in [-0.15, -0.1) is 0 Å². The monoisotopic (exact) mass is 495 g/mol. The Balaban J connectivity index is 1.69. The molecule has 11 nitrogen and oxygen atoms in total. The molecule has 188 valence electrons. The minimum absolute atomic E-state index is 0.0279. The molecule has 0 aliphatic heterocycles. The Labute approximate surface area is 205 Å². The summed E-state index contributed by atoms with van der Waals surface area (Å²) in [6.07, 6.45) is 3.01. The van der Waals surface area contributed by atoms with Crippen molar-refractivity contribution in [2.75, 3.05) is 19.8 Å². The maximum Gasteiger partial charge on any atom is 0.235 e. The van der Waals surface area contributed by atoms with Gasteiger partial charge in [0.15, 0.2) is 34.7 Å². The minimum atomic E-state index is -2.76. The van der Waals surface area contributed by atoms with Crippen LogP contribution in [0.3, 0.4) is 0 Å². The third-order valence-electron chi connectivity index (χ3n) is 7.92. The number of benzene rings is 1. The van der Waals surface area contributed by atoms with Gasteiger partial charge in [-0.25, -0.2) is 0 Å². The van der Waals surface area contributed by atoms with E-state index in [2.05, 4.69) is 0 Å². The number of carbonyl (C=O) groups is 5. The van der Waals surface area contributed by atoms with E-state index in [1.807, 2.05) is 0 Å². The maximum atomic E-state index is 13.8. The van der Waals surface area contributed by atoms with E-state index in [4.69, 9.17) is 15.9 Å². The second kappa shape index (κ2) is 7.84. The molecule has 1 heterocycles. The number of nitrogens with zero attached hydrogens (tertiary/aromatic N) is 1. The summed E-state index contributed by atoms with van der Waals surface area (Å²) in [5.41, 5.74) is 9.90. The molecule has 3 aliphatic rings. The SMILES string of the molecule is CN(C)C1C(=O)C(C(N)=O)C(=O)C2(O)C(=O)C3C(=O)c4c(O)c(N)cc(-c5ccoc5)c4CC3CC12. The Morgan fingerprint density at radius 2 is 1.89 bits per heavy atom. The number of rotatable bonds is 3. The van der Waals surface area contributed by atoms with Crippen molar-refractivity contribution in [2.24, 2.45) is 29.4 Å². The summed E-state index contributed by atoms with van der Waals surface area (Å²) in [6, 6.07) is 2.03. The number of nitrogens with two attached hydrogens (primary N) is 2. The smallest absolute Gasteiger partial charge is 0.235 e. The molecule has 6 N–H and O–H groups in total. The van der Waals surface area contributed by atoms with Gasteiger partial charge in [-0.2, -0.15) is 0 Å². The van der Waals surface area contributed by atoms with Crippen molar-refractivity contribution >= 4 is 34.7 Å². The zero-order chi connectivity index (χ0) is 26.3. The molecule has 0 saturated heterocycles. The van der Waals surface area contributed by atoms with Crippen molar-refractivity contribution in [3.8, 4) is 16.9 Å². The number of nitrogen functional groups attached to an aromatic ring is 1. The summed E-state index contributed by atoms with van der Waals surface area (Å²) < 4.78 is 5.16. The third kappa shape index (κ3) is 2.96. The van der Waals surface area contributed by atoms with Crippen LogP contribution in [-0.2, 0) is 25.6 Å². The van der Waals surface area contributed by atoms with Crippen LogP contribution in [0.4, 0.5) is 5.69 Å². The Hall–Kier alpha value is -3.83. The van der Waals surface area contributed by atoms with Crippen LogP contribution in [0.2, 0.25) is 0 Å². The number of carbonyl (C=O) groups excluding carboxylic acids is 5. The highest BCUT2D eigenvalue weighted by atomic mass is 16.3. The number of aromatic hydroxyl groups is 1. The van der Waals surface area contributed by atoms with Crippen LogP contribution in [0.25, 0.3) is 11.1 Å². The van der Waals surface area contributed by atoms with E-state index in [0.29, 0.717) is 16.7 Å². The molecule has 1 amide bonds. The average molecular weight is 495 g/mol. The van der Waals surface area contributed by atoms with Crippen molar-refractivity contribution in [1.82, 2.24) is 4.90 Å². The van der Waals surface area contributed by atoms with Crippen molar-refractivity contribution in [3.63, 3.8) is 0 Å². The Kier molecular flexibility index (Phi) is 5.20. The lowest BCUT2D eigenvalue weighted by Gasteiger charge is -2.52. The summed E-state index contributed by atoms with van der Waals surface area (Å²) in [5, 5.41) is 22.3. The number of Topliss-reactive ketones (excluding diaryl/α,β-unsaturated/α-hetero) is 4. The lowest BCUT2D eigenvalue weighted by molar-refractivity contribution is -0.181. The van der Waals surface area contributed by atoms with Gasteiger partial charge in [-0.1, -0.05) is 0 Å². The highest BCUT2D eigenvalue weighted by Crippen LogP contribution is 2.52. The van der Waals surface area contributed by atoms with E-state index < -0.39 is 70.1 Å². The van der Waals surface area contributed by atoms with Crippen molar-refractivity contribution in [1.29, 1.82) is 0 Å². The zero-order valence-electron chi connectivity index (χ0n) is 19.6. The number of aliphatic hydroxyl groups is 1. The molecule has 2 fully saturated rings. The first-order valence-corrected chi connectivity index (χ1v) is 11.4. The predicted molar refractivity (Wildman–Crippen MR) is 123 cm³/mol. The number of likely N-dealkylation sites (N-methyl/N-ethyl adjacent to an activating group) is 1. The molecule has 3 aliphatic carbocycles. The van der Waals surface area contributed by atoms with Crippen LogP contribution in [0.15, 0.2) is 29.1 Å². The van der Waals surface area contributed by atoms with Gasteiger partial charge in [0.05, 0.1) is 35.7 Å². The summed E-state index contributed by atoms with van der Waals surface area (Å²) in [7, 11) is 3.07. The lowest BCUT2D eigenvalue weighted by Crippen LogP contribution is -2.74. The number of phenolic OH excluding ortho intramolecular Hbond substituents is 1. The van der Waals surface area contributed by atoms with Crippen molar-refractivity contribution in [3.05, 3.63) is 35.8 Å². The standard InChI is InChI=1S/C25H25N3O8/c1-28(2)18-13-6-10-5-12-11(9-3-4-36-8-9)7-14(26)19(29)16(12)20(30)15(10)22(32)25(13,35)23(33)17(21(18)31)24(27)34/h3-4,7-8,10,13,15,17-18,29,35H,5-6,26H2,1-2H3,(H2,27,34). The van der Waals surface area contributed by atoms with E-state index in [-0.39, 0.29) is 24.1 Å². The molecular formula is C25H25N3O8. The number of hydrogen-bond donors (Lipinski definition) is 4. The van der Waals surface area contributed by atoms with Gasteiger partial charge < -0.3 is 26.1 Å². The molecule has 0 bridgehead atoms.